The van der Waals surface area contributed by atoms with Crippen LogP contribution in [0.2, 0.25) is 0 Å². The van der Waals surface area contributed by atoms with Crippen LogP contribution < -0.4 is 0 Å². The number of rotatable bonds is 0. The van der Waals surface area contributed by atoms with E-state index in [0.717, 1.165) is 0 Å². The van der Waals surface area contributed by atoms with Gasteiger partial charge in [0.15, 0.2) is 0 Å². The quantitative estimate of drug-likeness (QED) is 0.470. The third-order valence-electron chi connectivity index (χ3n) is 0.723. The van der Waals surface area contributed by atoms with Crippen molar-refractivity contribution in [1.82, 2.24) is 0 Å². The Morgan fingerprint density at radius 2 is 1.30 bits per heavy atom. The maximum absolute atomic E-state index is 5.43. The van der Waals surface area contributed by atoms with E-state index >= 15 is 0 Å². The summed E-state index contributed by atoms with van der Waals surface area (Å²) in [7, 11) is 0. The summed E-state index contributed by atoms with van der Waals surface area (Å²) >= 11 is 21.7. The molecule has 1 aliphatic heterocycles. The molecule has 0 aromatic heterocycles. The molecule has 1 aliphatic rings. The minimum atomic E-state index is -1.55. The summed E-state index contributed by atoms with van der Waals surface area (Å²) in [4.78, 5) is 8.48. The van der Waals surface area contributed by atoms with Gasteiger partial charge < -0.3 is 0 Å². The molecule has 0 aromatic carbocycles. The molecule has 0 aliphatic carbocycles. The number of halogens is 4. The second-order valence-corrected chi connectivity index (χ2v) is 4.52. The topological polar surface area (TPSA) is 27.7 Å². The lowest BCUT2D eigenvalue weighted by atomic mass is 10.5. The van der Waals surface area contributed by atoms with Gasteiger partial charge in [0.2, 0.25) is 0 Å². The fourth-order valence-corrected chi connectivity index (χ4v) is 1.54. The summed E-state index contributed by atoms with van der Waals surface area (Å²) in [6, 6.07) is 0. The van der Waals surface area contributed by atoms with Crippen molar-refractivity contribution in [3.63, 3.8) is 0 Å². The summed E-state index contributed by atoms with van der Waals surface area (Å²) < 4.78 is -3.11. The molecule has 3 nitrogen and oxygen atoms in total. The van der Waals surface area contributed by atoms with Crippen molar-refractivity contribution in [2.45, 2.75) is 15.5 Å². The van der Waals surface area contributed by atoms with Crippen molar-refractivity contribution in [2.24, 2.45) is 0 Å². The molecule has 0 atom stereocenters. The highest BCUT2D eigenvalue weighted by atomic mass is 35.5. The zero-order valence-corrected chi connectivity index (χ0v) is 7.47. The summed E-state index contributed by atoms with van der Waals surface area (Å²) in [5, 5.41) is 3.97. The van der Waals surface area contributed by atoms with Crippen LogP contribution in [0.5, 0.6) is 0 Å². The molecule has 1 fully saturated rings. The first-order valence-electron chi connectivity index (χ1n) is 2.20. The van der Waals surface area contributed by atoms with E-state index in [2.05, 4.69) is 14.8 Å². The van der Waals surface area contributed by atoms with Crippen LogP contribution in [0.1, 0.15) is 6.42 Å². The fourth-order valence-electron chi connectivity index (χ4n) is 0.415. The third-order valence-corrected chi connectivity index (χ3v) is 1.51. The van der Waals surface area contributed by atoms with Crippen molar-refractivity contribution >= 4 is 46.4 Å². The van der Waals surface area contributed by atoms with Gasteiger partial charge in [-0.2, -0.15) is 9.78 Å². The van der Waals surface area contributed by atoms with E-state index in [1.54, 1.807) is 0 Å². The maximum atomic E-state index is 5.43. The van der Waals surface area contributed by atoms with Gasteiger partial charge in [0, 0.05) is 0 Å². The Hall–Kier alpha value is 1.04. The maximum Gasteiger partial charge on any atom is 0.258 e. The predicted molar refractivity (Wildman–Crippen MR) is 36.7 cm³/mol. The number of hydrogen-bond donors (Lipinski definition) is 0. The Morgan fingerprint density at radius 1 is 0.900 bits per heavy atom. The summed E-state index contributed by atoms with van der Waals surface area (Å²) in [6.45, 7) is 0. The molecule has 0 amide bonds. The van der Waals surface area contributed by atoms with Gasteiger partial charge in [0.05, 0.1) is 6.42 Å². The molecule has 0 radical (unpaired) electrons. The highest BCUT2D eigenvalue weighted by Gasteiger charge is 2.45. The van der Waals surface area contributed by atoms with E-state index in [0.29, 0.717) is 0 Å². The highest BCUT2D eigenvalue weighted by Crippen LogP contribution is 2.43. The molecule has 0 bridgehead atoms. The normalized spacial score (nSPS) is 30.0. The van der Waals surface area contributed by atoms with E-state index < -0.39 is 9.04 Å². The van der Waals surface area contributed by atoms with Crippen LogP contribution in [0.25, 0.3) is 0 Å². The summed E-state index contributed by atoms with van der Waals surface area (Å²) in [5.41, 5.74) is 0. The van der Waals surface area contributed by atoms with E-state index in [9.17, 15) is 0 Å². The van der Waals surface area contributed by atoms with Crippen LogP contribution in [-0.4, -0.2) is 9.04 Å². The molecule has 0 unspecified atom stereocenters. The average molecular weight is 228 g/mol. The van der Waals surface area contributed by atoms with Crippen LogP contribution in [0, 0.1) is 0 Å². The van der Waals surface area contributed by atoms with Crippen molar-refractivity contribution in [2.75, 3.05) is 0 Å². The lowest BCUT2D eigenvalue weighted by molar-refractivity contribution is -0.559. The molecule has 0 aromatic rings. The van der Waals surface area contributed by atoms with Crippen molar-refractivity contribution in [3.8, 4) is 0 Å². The van der Waals surface area contributed by atoms with Crippen molar-refractivity contribution in [3.05, 3.63) is 0 Å². The molecule has 7 heteroatoms. The van der Waals surface area contributed by atoms with Gasteiger partial charge in [-0.1, -0.05) is 51.4 Å². The van der Waals surface area contributed by atoms with Crippen LogP contribution >= 0.6 is 46.4 Å². The van der Waals surface area contributed by atoms with Gasteiger partial charge in [0.1, 0.15) is 0 Å². The van der Waals surface area contributed by atoms with Crippen LogP contribution in [0.4, 0.5) is 0 Å². The van der Waals surface area contributed by atoms with Gasteiger partial charge >= 0.3 is 0 Å². The monoisotopic (exact) mass is 226 g/mol. The molecule has 1 heterocycles. The molecular formula is C3H2Cl4O3. The first kappa shape index (κ1) is 9.13. The highest BCUT2D eigenvalue weighted by molar-refractivity contribution is 6.51. The van der Waals surface area contributed by atoms with E-state index in [1.165, 1.54) is 0 Å². The van der Waals surface area contributed by atoms with Gasteiger partial charge in [-0.05, 0) is 0 Å². The van der Waals surface area contributed by atoms with E-state index in [-0.39, 0.29) is 6.42 Å². The Kier molecular flexibility index (Phi) is 2.58. The Morgan fingerprint density at radius 3 is 1.50 bits per heavy atom. The Labute approximate surface area is 76.9 Å². The molecular weight excluding hydrogens is 226 g/mol. The lowest BCUT2D eigenvalue weighted by Crippen LogP contribution is -2.36. The second kappa shape index (κ2) is 2.83. The summed E-state index contributed by atoms with van der Waals surface area (Å²) in [5.74, 6) is 0. The standard InChI is InChI=1S/C3H2Cl4O3/c4-2(5)1-3(6,7)9-10-8-2/h1H2. The van der Waals surface area contributed by atoms with Gasteiger partial charge in [-0.15, -0.1) is 0 Å². The van der Waals surface area contributed by atoms with Gasteiger partial charge in [-0.3, -0.25) is 0 Å². The molecule has 1 rings (SSSR count). The minimum absolute atomic E-state index is 0.105. The van der Waals surface area contributed by atoms with Gasteiger partial charge in [-0.25, -0.2) is 0 Å². The molecule has 0 N–H and O–H groups in total. The first-order chi connectivity index (χ1) is 4.41. The molecule has 0 spiro atoms. The van der Waals surface area contributed by atoms with E-state index in [4.69, 9.17) is 46.4 Å². The molecule has 0 saturated carbocycles. The van der Waals surface area contributed by atoms with Crippen LogP contribution in [-0.2, 0) is 14.8 Å². The largest absolute Gasteiger partial charge is 0.258 e. The molecule has 10 heavy (non-hydrogen) atoms. The van der Waals surface area contributed by atoms with Crippen LogP contribution in [0.3, 0.4) is 0 Å². The minimum Gasteiger partial charge on any atom is -0.166 e. The Bertz CT molecular complexity index is 122. The fraction of sp³-hybridized carbons (Fsp3) is 1.00. The predicted octanol–water partition coefficient (Wildman–Crippen LogP) is 2.53. The third kappa shape index (κ3) is 2.58. The number of alkyl halides is 4. The Balaban J connectivity index is 2.56. The molecule has 1 saturated heterocycles. The second-order valence-electron chi connectivity index (χ2n) is 1.69. The van der Waals surface area contributed by atoms with Crippen molar-refractivity contribution < 1.29 is 14.8 Å². The lowest BCUT2D eigenvalue weighted by Gasteiger charge is -2.29. The van der Waals surface area contributed by atoms with E-state index in [1.807, 2.05) is 0 Å². The zero-order valence-electron chi connectivity index (χ0n) is 4.44. The smallest absolute Gasteiger partial charge is 0.166 e. The number of hydrogen-bond acceptors (Lipinski definition) is 3. The summed E-state index contributed by atoms with van der Waals surface area (Å²) in [6.07, 6.45) is -0.105. The zero-order chi connectivity index (χ0) is 7.83. The molecule has 60 valence electrons. The average Bonchev–Trinajstić information content (AvgIpc) is 1.56. The SMILES string of the molecule is ClC1(Cl)CC(Cl)(Cl)OOO1. The van der Waals surface area contributed by atoms with Crippen LogP contribution in [0.15, 0.2) is 0 Å². The van der Waals surface area contributed by atoms with Crippen molar-refractivity contribution in [1.29, 1.82) is 0 Å². The van der Waals surface area contributed by atoms with Gasteiger partial charge in [0.25, 0.3) is 9.04 Å². The first-order valence-corrected chi connectivity index (χ1v) is 3.72.